The molecule has 2 atom stereocenters. The van der Waals surface area contributed by atoms with E-state index < -0.39 is 11.7 Å². The highest BCUT2D eigenvalue weighted by Gasteiger charge is 2.24. The fourth-order valence-electron chi connectivity index (χ4n) is 3.43. The molecule has 1 saturated carbocycles. The normalized spacial score (nSPS) is 19.6. The van der Waals surface area contributed by atoms with Crippen molar-refractivity contribution in [1.29, 1.82) is 0 Å². The summed E-state index contributed by atoms with van der Waals surface area (Å²) in [7, 11) is 0. The molecule has 0 saturated heterocycles. The molecule has 27 heavy (non-hydrogen) atoms. The molecule has 0 spiro atoms. The Balaban J connectivity index is 1.94. The van der Waals surface area contributed by atoms with Crippen LogP contribution in [0.4, 0.5) is 21.7 Å². The Kier molecular flexibility index (Phi) is 5.55. The van der Waals surface area contributed by atoms with Gasteiger partial charge in [0, 0.05) is 29.2 Å². The highest BCUT2D eigenvalue weighted by atomic mass is 19.1. The number of aryl methyl sites for hydroxylation is 2. The first kappa shape index (κ1) is 19.0. The van der Waals surface area contributed by atoms with Gasteiger partial charge >= 0.3 is 0 Å². The van der Waals surface area contributed by atoms with Gasteiger partial charge in [-0.3, -0.25) is 9.78 Å². The number of hydrogen-bond acceptors (Lipinski definition) is 6. The Morgan fingerprint density at radius 2 is 1.78 bits per heavy atom. The molecule has 0 bridgehead atoms. The van der Waals surface area contributed by atoms with E-state index in [1.807, 2.05) is 26.0 Å². The molecule has 6 N–H and O–H groups in total. The van der Waals surface area contributed by atoms with Gasteiger partial charge in [0.2, 0.25) is 0 Å². The van der Waals surface area contributed by atoms with E-state index in [1.165, 1.54) is 0 Å². The Labute approximate surface area is 157 Å². The minimum Gasteiger partial charge on any atom is -0.365 e. The average molecular weight is 372 g/mol. The summed E-state index contributed by atoms with van der Waals surface area (Å²) < 4.78 is 14.5. The number of carbonyl (C=O) groups is 1. The van der Waals surface area contributed by atoms with Crippen LogP contribution in [0.3, 0.4) is 0 Å². The van der Waals surface area contributed by atoms with Crippen LogP contribution in [0.2, 0.25) is 0 Å². The predicted octanol–water partition coefficient (Wildman–Crippen LogP) is 2.76. The molecule has 144 valence electrons. The molecule has 8 heteroatoms. The molecule has 0 radical (unpaired) electrons. The van der Waals surface area contributed by atoms with Crippen molar-refractivity contribution in [2.75, 3.05) is 10.6 Å². The fraction of sp³-hybridized carbons (Fsp3) is 0.421. The molecular formula is C19H25FN6O. The minimum atomic E-state index is -0.757. The summed E-state index contributed by atoms with van der Waals surface area (Å²) in [5.41, 5.74) is 13.9. The maximum Gasteiger partial charge on any atom is 0.252 e. The predicted molar refractivity (Wildman–Crippen MR) is 104 cm³/mol. The average Bonchev–Trinajstić information content (AvgIpc) is 2.58. The van der Waals surface area contributed by atoms with E-state index in [-0.39, 0.29) is 29.3 Å². The number of carbonyl (C=O) groups excluding carboxylic acids is 1. The number of primary amides is 1. The third-order valence-corrected chi connectivity index (χ3v) is 4.73. The Morgan fingerprint density at radius 1 is 1.11 bits per heavy atom. The molecule has 0 aromatic carbocycles. The number of amides is 1. The van der Waals surface area contributed by atoms with Crippen LogP contribution in [-0.4, -0.2) is 28.0 Å². The molecule has 7 nitrogen and oxygen atoms in total. The second-order valence-electron chi connectivity index (χ2n) is 7.04. The van der Waals surface area contributed by atoms with Gasteiger partial charge < -0.3 is 22.1 Å². The summed E-state index contributed by atoms with van der Waals surface area (Å²) >= 11 is 0. The molecule has 2 aromatic heterocycles. The SMILES string of the molecule is Cc1cc(Nc2nc(N[C@H]3CCCC[C@H]3N)c(F)cc2C(N)=O)cc(C)n1. The van der Waals surface area contributed by atoms with E-state index in [4.69, 9.17) is 11.5 Å². The van der Waals surface area contributed by atoms with Gasteiger partial charge in [-0.2, -0.15) is 0 Å². The lowest BCUT2D eigenvalue weighted by Crippen LogP contribution is -2.43. The van der Waals surface area contributed by atoms with Crippen LogP contribution in [0.5, 0.6) is 0 Å². The number of pyridine rings is 2. The number of aromatic nitrogens is 2. The number of rotatable bonds is 5. The second-order valence-corrected chi connectivity index (χ2v) is 7.04. The second kappa shape index (κ2) is 7.87. The van der Waals surface area contributed by atoms with E-state index >= 15 is 0 Å². The van der Waals surface area contributed by atoms with Crippen LogP contribution in [0.25, 0.3) is 0 Å². The first-order valence-corrected chi connectivity index (χ1v) is 9.08. The van der Waals surface area contributed by atoms with Crippen molar-refractivity contribution in [2.24, 2.45) is 11.5 Å². The molecule has 0 aliphatic heterocycles. The number of nitrogens with two attached hydrogens (primary N) is 2. The third-order valence-electron chi connectivity index (χ3n) is 4.73. The molecule has 1 fully saturated rings. The largest absolute Gasteiger partial charge is 0.365 e. The van der Waals surface area contributed by atoms with E-state index in [2.05, 4.69) is 20.6 Å². The molecule has 1 aliphatic carbocycles. The van der Waals surface area contributed by atoms with Gasteiger partial charge in [-0.1, -0.05) is 12.8 Å². The number of halogens is 1. The highest BCUT2D eigenvalue weighted by molar-refractivity contribution is 5.98. The summed E-state index contributed by atoms with van der Waals surface area (Å²) in [6.07, 6.45) is 3.85. The molecular weight excluding hydrogens is 347 g/mol. The highest BCUT2D eigenvalue weighted by Crippen LogP contribution is 2.27. The number of nitrogens with one attached hydrogen (secondary N) is 2. The van der Waals surface area contributed by atoms with Gasteiger partial charge in [-0.05, 0) is 44.9 Å². The van der Waals surface area contributed by atoms with Gasteiger partial charge in [0.15, 0.2) is 11.6 Å². The molecule has 1 amide bonds. The van der Waals surface area contributed by atoms with E-state index in [0.29, 0.717) is 5.69 Å². The molecule has 1 aliphatic rings. The Hall–Kier alpha value is -2.74. The van der Waals surface area contributed by atoms with Crippen molar-refractivity contribution in [3.05, 3.63) is 41.0 Å². The van der Waals surface area contributed by atoms with Gasteiger partial charge in [-0.25, -0.2) is 9.37 Å². The van der Waals surface area contributed by atoms with Crippen molar-refractivity contribution >= 4 is 23.2 Å². The zero-order valence-corrected chi connectivity index (χ0v) is 15.6. The number of hydrogen-bond donors (Lipinski definition) is 4. The van der Waals surface area contributed by atoms with Crippen LogP contribution in [0.1, 0.15) is 47.4 Å². The van der Waals surface area contributed by atoms with Gasteiger partial charge in [0.05, 0.1) is 5.56 Å². The van der Waals surface area contributed by atoms with Crippen molar-refractivity contribution in [2.45, 2.75) is 51.6 Å². The monoisotopic (exact) mass is 372 g/mol. The first-order chi connectivity index (χ1) is 12.8. The van der Waals surface area contributed by atoms with Crippen molar-refractivity contribution in [1.82, 2.24) is 9.97 Å². The topological polar surface area (TPSA) is 119 Å². The van der Waals surface area contributed by atoms with Gasteiger partial charge in [-0.15, -0.1) is 0 Å². The zero-order chi connectivity index (χ0) is 19.6. The maximum atomic E-state index is 14.5. The lowest BCUT2D eigenvalue weighted by molar-refractivity contribution is 0.100. The number of nitrogens with zero attached hydrogens (tertiary/aromatic N) is 2. The lowest BCUT2D eigenvalue weighted by Gasteiger charge is -2.30. The first-order valence-electron chi connectivity index (χ1n) is 9.08. The van der Waals surface area contributed by atoms with Crippen molar-refractivity contribution in [3.8, 4) is 0 Å². The lowest BCUT2D eigenvalue weighted by atomic mass is 9.91. The van der Waals surface area contributed by atoms with Crippen LogP contribution in [0.15, 0.2) is 18.2 Å². The minimum absolute atomic E-state index is 0.0156. The van der Waals surface area contributed by atoms with Gasteiger partial charge in [0.25, 0.3) is 5.91 Å². The van der Waals surface area contributed by atoms with Gasteiger partial charge in [0.1, 0.15) is 5.82 Å². The number of anilines is 3. The Bertz CT molecular complexity index is 836. The summed E-state index contributed by atoms with van der Waals surface area (Å²) in [5.74, 6) is -1.13. The summed E-state index contributed by atoms with van der Waals surface area (Å²) in [6, 6.07) is 4.62. The van der Waals surface area contributed by atoms with E-state index in [1.54, 1.807) is 0 Å². The zero-order valence-electron chi connectivity index (χ0n) is 15.6. The summed E-state index contributed by atoms with van der Waals surface area (Å²) in [5, 5.41) is 6.16. The van der Waals surface area contributed by atoms with Crippen LogP contribution in [0, 0.1) is 19.7 Å². The van der Waals surface area contributed by atoms with E-state index in [0.717, 1.165) is 43.1 Å². The quantitative estimate of drug-likeness (QED) is 0.641. The molecule has 0 unspecified atom stereocenters. The fourth-order valence-corrected chi connectivity index (χ4v) is 3.43. The molecule has 2 heterocycles. The summed E-state index contributed by atoms with van der Waals surface area (Å²) in [6.45, 7) is 3.73. The Morgan fingerprint density at radius 3 is 2.41 bits per heavy atom. The third kappa shape index (κ3) is 4.51. The van der Waals surface area contributed by atoms with Crippen molar-refractivity contribution in [3.63, 3.8) is 0 Å². The smallest absolute Gasteiger partial charge is 0.252 e. The van der Waals surface area contributed by atoms with Crippen LogP contribution >= 0.6 is 0 Å². The van der Waals surface area contributed by atoms with Crippen LogP contribution in [-0.2, 0) is 0 Å². The van der Waals surface area contributed by atoms with E-state index in [9.17, 15) is 9.18 Å². The maximum absolute atomic E-state index is 14.5. The molecule has 3 rings (SSSR count). The van der Waals surface area contributed by atoms with Crippen LogP contribution < -0.4 is 22.1 Å². The van der Waals surface area contributed by atoms with Crippen molar-refractivity contribution < 1.29 is 9.18 Å². The standard InChI is InChI=1S/C19H25FN6O/c1-10-7-12(8-11(2)23-10)24-18-13(17(22)27)9-14(20)19(26-18)25-16-6-4-3-5-15(16)21/h7-9,15-16H,3-6,21H2,1-2H3,(H2,22,27)(H2,23,24,25,26)/t15-,16+/m1/s1. The summed E-state index contributed by atoms with van der Waals surface area (Å²) in [4.78, 5) is 20.4. The molecule has 2 aromatic rings.